The van der Waals surface area contributed by atoms with E-state index in [0.717, 1.165) is 11.0 Å². The summed E-state index contributed by atoms with van der Waals surface area (Å²) in [6, 6.07) is 0.241. The Morgan fingerprint density at radius 1 is 1.52 bits per heavy atom. The maximum Gasteiger partial charge on any atom is 0.407 e. The number of nitrogens with zero attached hydrogens (tertiary/aromatic N) is 3. The van der Waals surface area contributed by atoms with Crippen molar-refractivity contribution in [1.82, 2.24) is 14.7 Å². The van der Waals surface area contributed by atoms with E-state index in [-0.39, 0.29) is 12.1 Å². The quantitative estimate of drug-likeness (QED) is 0.905. The van der Waals surface area contributed by atoms with E-state index in [9.17, 15) is 4.79 Å². The molecule has 1 N–H and O–H groups in total. The first-order chi connectivity index (χ1) is 9.76. The third kappa shape index (κ3) is 4.84. The van der Waals surface area contributed by atoms with Crippen LogP contribution < -0.4 is 10.2 Å². The Morgan fingerprint density at radius 3 is 2.67 bits per heavy atom. The Kier molecular flexibility index (Phi) is 4.70. The molecule has 1 aromatic heterocycles. The predicted molar refractivity (Wildman–Crippen MR) is 83.8 cm³/mol. The van der Waals surface area contributed by atoms with E-state index in [4.69, 9.17) is 4.74 Å². The minimum atomic E-state index is -0.471. The lowest BCUT2D eigenvalue weighted by Gasteiger charge is -2.28. The number of carbonyl (C=O) groups is 1. The third-order valence-electron chi connectivity index (χ3n) is 3.34. The number of nitrogens with one attached hydrogen (secondary N) is 1. The third-order valence-corrected chi connectivity index (χ3v) is 4.23. The zero-order chi connectivity index (χ0) is 15.6. The highest BCUT2D eigenvalue weighted by atomic mass is 32.1. The van der Waals surface area contributed by atoms with Crippen molar-refractivity contribution >= 4 is 22.8 Å². The zero-order valence-corrected chi connectivity index (χ0v) is 14.2. The summed E-state index contributed by atoms with van der Waals surface area (Å²) < 4.78 is 9.50. The van der Waals surface area contributed by atoms with Gasteiger partial charge < -0.3 is 15.0 Å². The van der Waals surface area contributed by atoms with Crippen LogP contribution in [0.3, 0.4) is 0 Å². The van der Waals surface area contributed by atoms with Gasteiger partial charge in [-0.3, -0.25) is 0 Å². The van der Waals surface area contributed by atoms with Gasteiger partial charge in [0.05, 0.1) is 6.04 Å². The summed E-state index contributed by atoms with van der Waals surface area (Å²) in [5, 5.41) is 3.77. The first-order valence-electron chi connectivity index (χ1n) is 7.26. The van der Waals surface area contributed by atoms with Crippen LogP contribution in [0.1, 0.15) is 39.4 Å². The monoisotopic (exact) mass is 312 g/mol. The van der Waals surface area contributed by atoms with Crippen molar-refractivity contribution in [2.45, 2.75) is 52.2 Å². The van der Waals surface area contributed by atoms with Crippen molar-refractivity contribution in [3.8, 4) is 0 Å². The summed E-state index contributed by atoms with van der Waals surface area (Å²) >= 11 is 1.40. The molecule has 1 fully saturated rings. The minimum absolute atomic E-state index is 0.241. The second-order valence-corrected chi connectivity index (χ2v) is 7.25. The SMILES string of the molecule is Cc1nsc(N(C)C(CNC(=O)OC(C)(C)C)C2CC2)n1. The molecule has 0 bridgehead atoms. The van der Waals surface area contributed by atoms with Crippen LogP contribution in [-0.4, -0.2) is 40.7 Å². The van der Waals surface area contributed by atoms with Gasteiger partial charge in [0.25, 0.3) is 0 Å². The highest BCUT2D eigenvalue weighted by molar-refractivity contribution is 7.09. The number of carbonyl (C=O) groups excluding carboxylic acids is 1. The smallest absolute Gasteiger partial charge is 0.407 e. The summed E-state index contributed by atoms with van der Waals surface area (Å²) in [5.41, 5.74) is -0.471. The molecular weight excluding hydrogens is 288 g/mol. The van der Waals surface area contributed by atoms with E-state index in [0.29, 0.717) is 12.5 Å². The Bertz CT molecular complexity index is 493. The molecule has 1 aliphatic carbocycles. The van der Waals surface area contributed by atoms with E-state index < -0.39 is 5.60 Å². The summed E-state index contributed by atoms with van der Waals surface area (Å²) in [6.45, 7) is 8.04. The number of hydrogen-bond acceptors (Lipinski definition) is 6. The zero-order valence-electron chi connectivity index (χ0n) is 13.3. The summed E-state index contributed by atoms with van der Waals surface area (Å²) in [6.07, 6.45) is 2.03. The van der Waals surface area contributed by atoms with Gasteiger partial charge in [-0.25, -0.2) is 9.78 Å². The molecule has 7 heteroatoms. The van der Waals surface area contributed by atoms with Crippen molar-refractivity contribution in [3.05, 3.63) is 5.82 Å². The summed E-state index contributed by atoms with van der Waals surface area (Å²) in [7, 11) is 2.01. The van der Waals surface area contributed by atoms with Gasteiger partial charge in [-0.1, -0.05) is 0 Å². The highest BCUT2D eigenvalue weighted by Crippen LogP contribution is 2.36. The fourth-order valence-electron chi connectivity index (χ4n) is 2.17. The van der Waals surface area contributed by atoms with E-state index in [1.54, 1.807) is 0 Å². The number of rotatable bonds is 5. The number of alkyl carbamates (subject to hydrolysis) is 1. The lowest BCUT2D eigenvalue weighted by molar-refractivity contribution is 0.0523. The van der Waals surface area contributed by atoms with Gasteiger partial charge in [-0.15, -0.1) is 0 Å². The first-order valence-corrected chi connectivity index (χ1v) is 8.03. The lowest BCUT2D eigenvalue weighted by Crippen LogP contribution is -2.45. The molecule has 1 atom stereocenters. The normalized spacial score (nSPS) is 16.4. The van der Waals surface area contributed by atoms with Crippen LogP contribution in [0.4, 0.5) is 9.93 Å². The van der Waals surface area contributed by atoms with Crippen LogP contribution in [0.15, 0.2) is 0 Å². The Balaban J connectivity index is 1.92. The molecule has 1 saturated carbocycles. The van der Waals surface area contributed by atoms with Gasteiger partial charge in [0.1, 0.15) is 11.4 Å². The van der Waals surface area contributed by atoms with Crippen LogP contribution in [-0.2, 0) is 4.74 Å². The van der Waals surface area contributed by atoms with Crippen molar-refractivity contribution in [2.75, 3.05) is 18.5 Å². The standard InChI is InChI=1S/C14H24N4O2S/c1-9-16-12(21-17-9)18(5)11(10-6-7-10)8-15-13(19)20-14(2,3)4/h10-11H,6-8H2,1-5H3,(H,15,19). The van der Waals surface area contributed by atoms with Gasteiger partial charge in [0.15, 0.2) is 0 Å². The molecular formula is C14H24N4O2S. The molecule has 0 radical (unpaired) electrons. The second kappa shape index (κ2) is 6.17. The first kappa shape index (κ1) is 16.0. The Labute approximate surface area is 130 Å². The van der Waals surface area contributed by atoms with Crippen LogP contribution >= 0.6 is 11.5 Å². The Hall–Kier alpha value is -1.37. The van der Waals surface area contributed by atoms with Crippen LogP contribution in [0.2, 0.25) is 0 Å². The fourth-order valence-corrected chi connectivity index (χ4v) is 2.87. The number of hydrogen-bond donors (Lipinski definition) is 1. The number of likely N-dealkylation sites (N-methyl/N-ethyl adjacent to an activating group) is 1. The summed E-state index contributed by atoms with van der Waals surface area (Å²) in [5.74, 6) is 1.39. The minimum Gasteiger partial charge on any atom is -0.444 e. The number of amides is 1. The molecule has 0 aromatic carbocycles. The average molecular weight is 312 g/mol. The predicted octanol–water partition coefficient (Wildman–Crippen LogP) is 2.59. The van der Waals surface area contributed by atoms with Crippen molar-refractivity contribution in [2.24, 2.45) is 5.92 Å². The van der Waals surface area contributed by atoms with Crippen LogP contribution in [0.5, 0.6) is 0 Å². The van der Waals surface area contributed by atoms with E-state index in [1.165, 1.54) is 24.4 Å². The van der Waals surface area contributed by atoms with Crippen molar-refractivity contribution in [1.29, 1.82) is 0 Å². The Morgan fingerprint density at radius 2 is 2.19 bits per heavy atom. The van der Waals surface area contributed by atoms with Crippen molar-refractivity contribution < 1.29 is 9.53 Å². The average Bonchev–Trinajstić information content (AvgIpc) is 3.08. The van der Waals surface area contributed by atoms with Crippen LogP contribution in [0.25, 0.3) is 0 Å². The van der Waals surface area contributed by atoms with Gasteiger partial charge >= 0.3 is 6.09 Å². The topological polar surface area (TPSA) is 67.4 Å². The molecule has 1 unspecified atom stereocenters. The number of aryl methyl sites for hydroxylation is 1. The van der Waals surface area contributed by atoms with Crippen LogP contribution in [0, 0.1) is 12.8 Å². The maximum atomic E-state index is 11.8. The molecule has 0 aliphatic heterocycles. The number of ether oxygens (including phenoxy) is 1. The number of aromatic nitrogens is 2. The van der Waals surface area contributed by atoms with E-state index in [2.05, 4.69) is 19.6 Å². The highest BCUT2D eigenvalue weighted by Gasteiger charge is 2.35. The van der Waals surface area contributed by atoms with Gasteiger partial charge in [0, 0.05) is 25.1 Å². The second-order valence-electron chi connectivity index (χ2n) is 6.52. The van der Waals surface area contributed by atoms with E-state index in [1.807, 2.05) is 34.7 Å². The summed E-state index contributed by atoms with van der Waals surface area (Å²) in [4.78, 5) is 18.3. The molecule has 0 spiro atoms. The lowest BCUT2D eigenvalue weighted by atomic mass is 10.1. The molecule has 21 heavy (non-hydrogen) atoms. The number of anilines is 1. The molecule has 118 valence electrons. The molecule has 6 nitrogen and oxygen atoms in total. The largest absolute Gasteiger partial charge is 0.444 e. The van der Waals surface area contributed by atoms with Gasteiger partial charge in [-0.05, 0) is 46.5 Å². The molecule has 2 rings (SSSR count). The van der Waals surface area contributed by atoms with Crippen molar-refractivity contribution in [3.63, 3.8) is 0 Å². The van der Waals surface area contributed by atoms with Gasteiger partial charge in [0.2, 0.25) is 5.13 Å². The molecule has 1 aromatic rings. The molecule has 0 saturated heterocycles. The molecule has 1 amide bonds. The van der Waals surface area contributed by atoms with Gasteiger partial charge in [-0.2, -0.15) is 4.37 Å². The van der Waals surface area contributed by atoms with E-state index >= 15 is 0 Å². The maximum absolute atomic E-state index is 11.8. The molecule has 1 heterocycles. The molecule has 1 aliphatic rings. The fraction of sp³-hybridized carbons (Fsp3) is 0.786.